The van der Waals surface area contributed by atoms with E-state index in [1.807, 2.05) is 6.07 Å². The minimum Gasteiger partial charge on any atom is -0.493 e. The molecule has 3 atom stereocenters. The van der Waals surface area contributed by atoms with Gasteiger partial charge in [-0.1, -0.05) is 18.5 Å². The van der Waals surface area contributed by atoms with Gasteiger partial charge in [0.1, 0.15) is 0 Å². The zero-order valence-corrected chi connectivity index (χ0v) is 12.9. The maximum absolute atomic E-state index is 6.42. The van der Waals surface area contributed by atoms with Crippen molar-refractivity contribution in [2.75, 3.05) is 20.8 Å². The summed E-state index contributed by atoms with van der Waals surface area (Å²) < 4.78 is 16.3. The van der Waals surface area contributed by atoms with Crippen LogP contribution in [0.25, 0.3) is 0 Å². The van der Waals surface area contributed by atoms with Crippen molar-refractivity contribution < 1.29 is 14.2 Å². The van der Waals surface area contributed by atoms with E-state index in [0.29, 0.717) is 16.5 Å². The Morgan fingerprint density at radius 2 is 2.00 bits per heavy atom. The van der Waals surface area contributed by atoms with E-state index in [0.717, 1.165) is 25.0 Å². The molecule has 0 bridgehead atoms. The van der Waals surface area contributed by atoms with Gasteiger partial charge in [-0.15, -0.1) is 0 Å². The fraction of sp³-hybridized carbons (Fsp3) is 0.600. The highest BCUT2D eigenvalue weighted by molar-refractivity contribution is 6.31. The summed E-state index contributed by atoms with van der Waals surface area (Å²) >= 11 is 6.34. The molecule has 20 heavy (non-hydrogen) atoms. The van der Waals surface area contributed by atoms with Crippen LogP contribution in [0.3, 0.4) is 0 Å². The van der Waals surface area contributed by atoms with Crippen LogP contribution < -0.4 is 15.2 Å². The molecule has 4 nitrogen and oxygen atoms in total. The summed E-state index contributed by atoms with van der Waals surface area (Å²) in [4.78, 5) is 0. The molecule has 2 N–H and O–H groups in total. The van der Waals surface area contributed by atoms with Gasteiger partial charge in [0.05, 0.1) is 20.3 Å². The third-order valence-corrected chi connectivity index (χ3v) is 4.31. The van der Waals surface area contributed by atoms with Gasteiger partial charge >= 0.3 is 0 Å². The largest absolute Gasteiger partial charge is 0.493 e. The van der Waals surface area contributed by atoms with Crippen molar-refractivity contribution in [3.63, 3.8) is 0 Å². The average molecular weight is 300 g/mol. The number of rotatable bonds is 5. The van der Waals surface area contributed by atoms with Crippen molar-refractivity contribution in [1.29, 1.82) is 0 Å². The van der Waals surface area contributed by atoms with Gasteiger partial charge in [-0.25, -0.2) is 0 Å². The summed E-state index contributed by atoms with van der Waals surface area (Å²) in [5.74, 6) is 1.55. The van der Waals surface area contributed by atoms with Crippen molar-refractivity contribution in [3.05, 3.63) is 22.7 Å². The Kier molecular flexibility index (Phi) is 5.13. The maximum atomic E-state index is 6.42. The summed E-state index contributed by atoms with van der Waals surface area (Å²) in [6.07, 6.45) is 2.13. The molecule has 1 aliphatic rings. The number of hydrogen-bond donors (Lipinski definition) is 1. The topological polar surface area (TPSA) is 53.7 Å². The Morgan fingerprint density at radius 3 is 2.60 bits per heavy atom. The average Bonchev–Trinajstić information content (AvgIpc) is 2.94. The molecule has 0 saturated carbocycles. The van der Waals surface area contributed by atoms with E-state index in [1.165, 1.54) is 0 Å². The molecule has 112 valence electrons. The van der Waals surface area contributed by atoms with E-state index in [2.05, 4.69) is 6.92 Å². The van der Waals surface area contributed by atoms with Crippen molar-refractivity contribution >= 4 is 11.6 Å². The molecule has 0 aliphatic carbocycles. The van der Waals surface area contributed by atoms with Gasteiger partial charge in [0.25, 0.3) is 0 Å². The van der Waals surface area contributed by atoms with Crippen molar-refractivity contribution in [2.45, 2.75) is 31.9 Å². The maximum Gasteiger partial charge on any atom is 0.162 e. The summed E-state index contributed by atoms with van der Waals surface area (Å²) in [6.45, 7) is 2.88. The van der Waals surface area contributed by atoms with E-state index in [4.69, 9.17) is 31.5 Å². The van der Waals surface area contributed by atoms with Crippen LogP contribution in [0.5, 0.6) is 11.5 Å². The molecule has 5 heteroatoms. The lowest BCUT2D eigenvalue weighted by atomic mass is 9.87. The van der Waals surface area contributed by atoms with Gasteiger partial charge in [0, 0.05) is 29.7 Å². The van der Waals surface area contributed by atoms with Crippen molar-refractivity contribution in [1.82, 2.24) is 0 Å². The highest BCUT2D eigenvalue weighted by Gasteiger charge is 2.33. The highest BCUT2D eigenvalue weighted by Crippen LogP contribution is 2.40. The first-order chi connectivity index (χ1) is 9.62. The van der Waals surface area contributed by atoms with E-state index in [9.17, 15) is 0 Å². The summed E-state index contributed by atoms with van der Waals surface area (Å²) in [5.41, 5.74) is 7.31. The summed E-state index contributed by atoms with van der Waals surface area (Å²) in [6, 6.07) is 3.47. The third-order valence-electron chi connectivity index (χ3n) is 3.99. The lowest BCUT2D eigenvalue weighted by molar-refractivity contribution is 0.0813. The second-order valence-corrected chi connectivity index (χ2v) is 5.43. The van der Waals surface area contributed by atoms with Crippen LogP contribution in [0, 0.1) is 5.92 Å². The van der Waals surface area contributed by atoms with Crippen LogP contribution >= 0.6 is 11.6 Å². The van der Waals surface area contributed by atoms with Gasteiger partial charge in [-0.05, 0) is 24.5 Å². The molecular weight excluding hydrogens is 278 g/mol. The standard InChI is InChI=1S/C15H22ClNO3/c1-4-12-9(5-6-20-12)15(17)10-7-13(18-2)14(19-3)8-11(10)16/h7-9,12,15H,4-6,17H2,1-3H3. The van der Waals surface area contributed by atoms with Crippen LogP contribution in [0.4, 0.5) is 0 Å². The molecule has 1 aromatic rings. The van der Waals surface area contributed by atoms with Gasteiger partial charge < -0.3 is 19.9 Å². The molecule has 1 aromatic carbocycles. The molecular formula is C15H22ClNO3. The van der Waals surface area contributed by atoms with Crippen LogP contribution in [-0.4, -0.2) is 26.9 Å². The molecule has 1 aliphatic heterocycles. The van der Waals surface area contributed by atoms with Crippen LogP contribution in [0.2, 0.25) is 5.02 Å². The zero-order chi connectivity index (χ0) is 14.7. The quantitative estimate of drug-likeness (QED) is 0.907. The van der Waals surface area contributed by atoms with E-state index < -0.39 is 0 Å². The van der Waals surface area contributed by atoms with E-state index in [-0.39, 0.29) is 18.1 Å². The van der Waals surface area contributed by atoms with E-state index in [1.54, 1.807) is 20.3 Å². The minimum absolute atomic E-state index is 0.158. The van der Waals surface area contributed by atoms with Crippen LogP contribution in [-0.2, 0) is 4.74 Å². The molecule has 1 heterocycles. The van der Waals surface area contributed by atoms with Gasteiger partial charge in [-0.2, -0.15) is 0 Å². The number of methoxy groups -OCH3 is 2. The van der Waals surface area contributed by atoms with Crippen molar-refractivity contribution in [3.8, 4) is 11.5 Å². The van der Waals surface area contributed by atoms with Crippen molar-refractivity contribution in [2.24, 2.45) is 11.7 Å². The molecule has 3 unspecified atom stereocenters. The molecule has 2 rings (SSSR count). The second kappa shape index (κ2) is 6.66. The second-order valence-electron chi connectivity index (χ2n) is 5.02. The molecule has 0 spiro atoms. The third kappa shape index (κ3) is 2.87. The normalized spacial score (nSPS) is 23.6. The van der Waals surface area contributed by atoms with Crippen LogP contribution in [0.15, 0.2) is 12.1 Å². The molecule has 0 aromatic heterocycles. The summed E-state index contributed by atoms with van der Waals surface area (Å²) in [5, 5.41) is 0.608. The molecule has 0 radical (unpaired) electrons. The Hall–Kier alpha value is -0.970. The number of benzene rings is 1. The van der Waals surface area contributed by atoms with Gasteiger partial charge in [0.15, 0.2) is 11.5 Å². The number of hydrogen-bond acceptors (Lipinski definition) is 4. The Bertz CT molecular complexity index is 467. The lowest BCUT2D eigenvalue weighted by Crippen LogP contribution is -2.28. The minimum atomic E-state index is -0.158. The molecule has 1 saturated heterocycles. The van der Waals surface area contributed by atoms with Gasteiger partial charge in [0.2, 0.25) is 0 Å². The van der Waals surface area contributed by atoms with Crippen LogP contribution in [0.1, 0.15) is 31.4 Å². The fourth-order valence-electron chi connectivity index (χ4n) is 2.85. The smallest absolute Gasteiger partial charge is 0.162 e. The Morgan fingerprint density at radius 1 is 1.35 bits per heavy atom. The Balaban J connectivity index is 2.31. The first-order valence-corrected chi connectivity index (χ1v) is 7.28. The fourth-order valence-corrected chi connectivity index (χ4v) is 3.13. The molecule has 1 fully saturated rings. The molecule has 0 amide bonds. The van der Waals surface area contributed by atoms with Gasteiger partial charge in [-0.3, -0.25) is 0 Å². The summed E-state index contributed by atoms with van der Waals surface area (Å²) in [7, 11) is 3.19. The number of halogens is 1. The first kappa shape index (κ1) is 15.4. The number of ether oxygens (including phenoxy) is 3. The predicted octanol–water partition coefficient (Wildman–Crippen LogP) is 3.17. The monoisotopic (exact) mass is 299 g/mol. The SMILES string of the molecule is CCC1OCCC1C(N)c1cc(OC)c(OC)cc1Cl. The number of nitrogens with two attached hydrogens (primary N) is 1. The highest BCUT2D eigenvalue weighted by atomic mass is 35.5. The lowest BCUT2D eigenvalue weighted by Gasteiger charge is -2.25. The Labute approximate surface area is 125 Å². The first-order valence-electron chi connectivity index (χ1n) is 6.91. The van der Waals surface area contributed by atoms with E-state index >= 15 is 0 Å². The zero-order valence-electron chi connectivity index (χ0n) is 12.2. The predicted molar refractivity (Wildman–Crippen MR) is 79.6 cm³/mol.